The standard InChI is InChI=1S/C17H12BrCl2F3N6O3/c1-8-14(29(31)32)15(17(21,22)23)25-28(8)7-13(30)24-16-11(18)6-27(26-16)5-9-2-3-10(19)4-12(9)20/h2-4,6H,5,7H2,1H3,(H,24,26,30). The van der Waals surface area contributed by atoms with E-state index in [1.807, 2.05) is 0 Å². The minimum absolute atomic E-state index is 0.0930. The number of anilines is 1. The van der Waals surface area contributed by atoms with Crippen molar-refractivity contribution in [2.45, 2.75) is 26.2 Å². The summed E-state index contributed by atoms with van der Waals surface area (Å²) in [4.78, 5) is 22.2. The normalized spacial score (nSPS) is 11.6. The van der Waals surface area contributed by atoms with Crippen LogP contribution in [0.2, 0.25) is 10.0 Å². The zero-order valence-electron chi connectivity index (χ0n) is 16.0. The van der Waals surface area contributed by atoms with E-state index in [9.17, 15) is 28.1 Å². The van der Waals surface area contributed by atoms with E-state index in [-0.39, 0.29) is 12.4 Å². The first kappa shape index (κ1) is 24.0. The Hall–Kier alpha value is -2.64. The molecular formula is C17H12BrCl2F3N6O3. The molecule has 0 fully saturated rings. The Morgan fingerprint density at radius 3 is 2.56 bits per heavy atom. The molecule has 0 spiro atoms. The lowest BCUT2D eigenvalue weighted by Gasteiger charge is -2.06. The molecule has 170 valence electrons. The van der Waals surface area contributed by atoms with Crippen LogP contribution in [0.15, 0.2) is 28.9 Å². The monoisotopic (exact) mass is 554 g/mol. The lowest BCUT2D eigenvalue weighted by molar-refractivity contribution is -0.388. The largest absolute Gasteiger partial charge is 0.442 e. The maximum absolute atomic E-state index is 13.1. The smallest absolute Gasteiger partial charge is 0.307 e. The van der Waals surface area contributed by atoms with Crippen LogP contribution in [0.1, 0.15) is 17.0 Å². The molecule has 1 aromatic carbocycles. The number of rotatable bonds is 6. The van der Waals surface area contributed by atoms with Crippen molar-refractivity contribution in [1.29, 1.82) is 0 Å². The van der Waals surface area contributed by atoms with Crippen LogP contribution in [-0.4, -0.2) is 30.4 Å². The quantitative estimate of drug-likeness (QED) is 0.337. The highest BCUT2D eigenvalue weighted by atomic mass is 79.9. The van der Waals surface area contributed by atoms with Gasteiger partial charge in [-0.2, -0.15) is 23.4 Å². The number of aromatic nitrogens is 4. The van der Waals surface area contributed by atoms with E-state index in [1.54, 1.807) is 24.4 Å². The number of benzene rings is 1. The van der Waals surface area contributed by atoms with Crippen LogP contribution in [0, 0.1) is 17.0 Å². The Bertz CT molecular complexity index is 1210. The fourth-order valence-corrected chi connectivity index (χ4v) is 3.68. The molecule has 1 N–H and O–H groups in total. The summed E-state index contributed by atoms with van der Waals surface area (Å²) in [5, 5.41) is 21.8. The molecule has 0 atom stereocenters. The molecule has 9 nitrogen and oxygen atoms in total. The van der Waals surface area contributed by atoms with Gasteiger partial charge in [0, 0.05) is 16.2 Å². The van der Waals surface area contributed by atoms with Crippen molar-refractivity contribution in [3.63, 3.8) is 0 Å². The van der Waals surface area contributed by atoms with E-state index in [0.717, 1.165) is 6.92 Å². The van der Waals surface area contributed by atoms with Gasteiger partial charge in [-0.25, -0.2) is 0 Å². The second-order valence-corrected chi connectivity index (χ2v) is 8.20. The molecule has 2 heterocycles. The van der Waals surface area contributed by atoms with Crippen molar-refractivity contribution in [3.05, 3.63) is 66.0 Å². The van der Waals surface area contributed by atoms with Gasteiger partial charge in [0.2, 0.25) is 11.6 Å². The Balaban J connectivity index is 1.77. The van der Waals surface area contributed by atoms with Crippen LogP contribution in [-0.2, 0) is 24.1 Å². The summed E-state index contributed by atoms with van der Waals surface area (Å²) in [6, 6.07) is 4.94. The molecule has 32 heavy (non-hydrogen) atoms. The first-order chi connectivity index (χ1) is 14.9. The van der Waals surface area contributed by atoms with E-state index in [2.05, 4.69) is 31.4 Å². The average molecular weight is 556 g/mol. The van der Waals surface area contributed by atoms with Gasteiger partial charge in [0.25, 0.3) is 0 Å². The van der Waals surface area contributed by atoms with Crippen molar-refractivity contribution in [3.8, 4) is 0 Å². The third-order valence-electron chi connectivity index (χ3n) is 4.24. The summed E-state index contributed by atoms with van der Waals surface area (Å²) < 4.78 is 41.7. The van der Waals surface area contributed by atoms with E-state index in [1.165, 1.54) is 4.68 Å². The van der Waals surface area contributed by atoms with Crippen molar-refractivity contribution in [1.82, 2.24) is 19.6 Å². The van der Waals surface area contributed by atoms with Crippen molar-refractivity contribution < 1.29 is 22.9 Å². The second kappa shape index (κ2) is 9.08. The van der Waals surface area contributed by atoms with Gasteiger partial charge in [-0.15, -0.1) is 0 Å². The first-order valence-electron chi connectivity index (χ1n) is 8.62. The number of hydrogen-bond donors (Lipinski definition) is 1. The molecule has 0 radical (unpaired) electrons. The van der Waals surface area contributed by atoms with Crippen LogP contribution in [0.25, 0.3) is 0 Å². The predicted molar refractivity (Wildman–Crippen MR) is 113 cm³/mol. The molecule has 3 rings (SSSR count). The van der Waals surface area contributed by atoms with Gasteiger partial charge < -0.3 is 5.32 Å². The molecule has 3 aromatic rings. The Kier molecular flexibility index (Phi) is 6.81. The summed E-state index contributed by atoms with van der Waals surface area (Å²) in [6.45, 7) is 0.642. The fourth-order valence-electron chi connectivity index (χ4n) is 2.79. The van der Waals surface area contributed by atoms with Crippen LogP contribution in [0.4, 0.5) is 24.7 Å². The molecule has 0 aliphatic rings. The summed E-state index contributed by atoms with van der Waals surface area (Å²) in [5.41, 5.74) is -2.56. The highest BCUT2D eigenvalue weighted by Crippen LogP contribution is 2.37. The maximum atomic E-state index is 13.1. The zero-order valence-corrected chi connectivity index (χ0v) is 19.1. The van der Waals surface area contributed by atoms with Crippen LogP contribution >= 0.6 is 39.1 Å². The number of alkyl halides is 3. The molecule has 0 saturated heterocycles. The summed E-state index contributed by atoms with van der Waals surface area (Å²) in [5.74, 6) is -0.690. The Morgan fingerprint density at radius 2 is 2.00 bits per heavy atom. The molecule has 0 saturated carbocycles. The summed E-state index contributed by atoms with van der Waals surface area (Å²) >= 11 is 15.2. The van der Waals surface area contributed by atoms with E-state index >= 15 is 0 Å². The lowest BCUT2D eigenvalue weighted by Crippen LogP contribution is -2.21. The third kappa shape index (κ3) is 5.22. The minimum Gasteiger partial charge on any atom is -0.307 e. The molecule has 1 amide bonds. The molecule has 0 unspecified atom stereocenters. The van der Waals surface area contributed by atoms with E-state index in [0.29, 0.717) is 24.8 Å². The maximum Gasteiger partial charge on any atom is 0.442 e. The van der Waals surface area contributed by atoms with Gasteiger partial charge in [-0.1, -0.05) is 29.3 Å². The molecule has 0 aliphatic heterocycles. The van der Waals surface area contributed by atoms with E-state index < -0.39 is 40.6 Å². The SMILES string of the molecule is Cc1c([N+](=O)[O-])c(C(F)(F)F)nn1CC(=O)Nc1nn(Cc2ccc(Cl)cc2Cl)cc1Br. The number of nitro groups is 1. The van der Waals surface area contributed by atoms with Crippen LogP contribution < -0.4 is 5.32 Å². The van der Waals surface area contributed by atoms with Gasteiger partial charge >= 0.3 is 11.9 Å². The summed E-state index contributed by atoms with van der Waals surface area (Å²) in [6.07, 6.45) is -3.48. The van der Waals surface area contributed by atoms with Gasteiger partial charge in [0.15, 0.2) is 5.82 Å². The first-order valence-corrected chi connectivity index (χ1v) is 10.2. The van der Waals surface area contributed by atoms with Crippen molar-refractivity contribution in [2.75, 3.05) is 5.32 Å². The van der Waals surface area contributed by atoms with Crippen molar-refractivity contribution in [2.24, 2.45) is 0 Å². The number of nitrogens with one attached hydrogen (secondary N) is 1. The minimum atomic E-state index is -5.04. The number of halogens is 6. The predicted octanol–water partition coefficient (Wildman–Crippen LogP) is 5.07. The highest BCUT2D eigenvalue weighted by Gasteiger charge is 2.44. The number of carbonyl (C=O) groups excluding carboxylic acids is 1. The molecule has 15 heteroatoms. The second-order valence-electron chi connectivity index (χ2n) is 6.50. The number of hydrogen-bond acceptors (Lipinski definition) is 5. The molecule has 2 aromatic heterocycles. The fraction of sp³-hybridized carbons (Fsp3) is 0.235. The molecule has 0 bridgehead atoms. The Labute approximate surface area is 196 Å². The number of amides is 1. The number of nitrogens with zero attached hydrogens (tertiary/aromatic N) is 5. The van der Waals surface area contributed by atoms with Crippen molar-refractivity contribution >= 4 is 56.5 Å². The van der Waals surface area contributed by atoms with Crippen LogP contribution in [0.3, 0.4) is 0 Å². The number of carbonyl (C=O) groups is 1. The van der Waals surface area contributed by atoms with Gasteiger partial charge in [0.05, 0.1) is 15.9 Å². The van der Waals surface area contributed by atoms with Gasteiger partial charge in [-0.3, -0.25) is 24.3 Å². The van der Waals surface area contributed by atoms with Crippen LogP contribution in [0.5, 0.6) is 0 Å². The zero-order chi connectivity index (χ0) is 23.8. The van der Waals surface area contributed by atoms with Gasteiger partial charge in [-0.05, 0) is 40.5 Å². The van der Waals surface area contributed by atoms with E-state index in [4.69, 9.17) is 23.2 Å². The molecular weight excluding hydrogens is 544 g/mol. The lowest BCUT2D eigenvalue weighted by atomic mass is 10.2. The third-order valence-corrected chi connectivity index (χ3v) is 5.41. The average Bonchev–Trinajstić information content (AvgIpc) is 3.17. The van der Waals surface area contributed by atoms with Gasteiger partial charge in [0.1, 0.15) is 12.2 Å². The topological polar surface area (TPSA) is 108 Å². The summed E-state index contributed by atoms with van der Waals surface area (Å²) in [7, 11) is 0. The highest BCUT2D eigenvalue weighted by molar-refractivity contribution is 9.10. The Morgan fingerprint density at radius 1 is 1.31 bits per heavy atom. The molecule has 0 aliphatic carbocycles.